The molecule has 1 heterocycles. The normalized spacial score (nSPS) is 10.8. The van der Waals surface area contributed by atoms with Crippen LogP contribution >= 0.6 is 27.5 Å². The minimum Gasteiger partial charge on any atom is -0.399 e. The summed E-state index contributed by atoms with van der Waals surface area (Å²) >= 11 is 9.44. The van der Waals surface area contributed by atoms with E-state index < -0.39 is 5.82 Å². The molecular weight excluding hydrogens is 361 g/mol. The quantitative estimate of drug-likeness (QED) is 0.703. The van der Waals surface area contributed by atoms with Gasteiger partial charge in [0.05, 0.1) is 20.7 Å². The van der Waals surface area contributed by atoms with Crippen molar-refractivity contribution in [3.05, 3.63) is 51.7 Å². The molecular formula is C13H8BrClFN5. The van der Waals surface area contributed by atoms with Gasteiger partial charge in [-0.05, 0) is 56.7 Å². The molecule has 0 amide bonds. The van der Waals surface area contributed by atoms with Crippen molar-refractivity contribution in [1.82, 2.24) is 20.2 Å². The summed E-state index contributed by atoms with van der Waals surface area (Å²) in [4.78, 5) is 0. The molecule has 0 aliphatic rings. The maximum Gasteiger partial charge on any atom is 0.190 e. The van der Waals surface area contributed by atoms with E-state index in [1.54, 1.807) is 24.3 Å². The van der Waals surface area contributed by atoms with Crippen LogP contribution in [0, 0.1) is 5.82 Å². The predicted octanol–water partition coefficient (Wildman–Crippen LogP) is 3.47. The van der Waals surface area contributed by atoms with Gasteiger partial charge in [0.15, 0.2) is 5.82 Å². The summed E-state index contributed by atoms with van der Waals surface area (Å²) < 4.78 is 16.1. The van der Waals surface area contributed by atoms with Gasteiger partial charge >= 0.3 is 0 Å². The maximum absolute atomic E-state index is 14.1. The van der Waals surface area contributed by atoms with Gasteiger partial charge in [0.1, 0.15) is 5.82 Å². The van der Waals surface area contributed by atoms with E-state index in [0.29, 0.717) is 20.9 Å². The van der Waals surface area contributed by atoms with Gasteiger partial charge in [-0.2, -0.15) is 4.68 Å². The Balaban J connectivity index is 2.20. The Morgan fingerprint density at radius 1 is 1.24 bits per heavy atom. The lowest BCUT2D eigenvalue weighted by Crippen LogP contribution is -2.02. The van der Waals surface area contributed by atoms with E-state index in [-0.39, 0.29) is 11.4 Å². The molecule has 0 aliphatic carbocycles. The Morgan fingerprint density at radius 2 is 2.05 bits per heavy atom. The molecule has 21 heavy (non-hydrogen) atoms. The number of nitrogens with zero attached hydrogens (tertiary/aromatic N) is 4. The van der Waals surface area contributed by atoms with Crippen molar-refractivity contribution in [1.29, 1.82) is 0 Å². The number of rotatable bonds is 2. The van der Waals surface area contributed by atoms with Crippen LogP contribution in [0.1, 0.15) is 0 Å². The molecule has 5 nitrogen and oxygen atoms in total. The van der Waals surface area contributed by atoms with Crippen LogP contribution in [0.15, 0.2) is 40.9 Å². The Bertz CT molecular complexity index is 820. The van der Waals surface area contributed by atoms with Gasteiger partial charge in [-0.15, -0.1) is 5.10 Å². The maximum atomic E-state index is 14.1. The molecule has 3 rings (SSSR count). The predicted molar refractivity (Wildman–Crippen MR) is 81.7 cm³/mol. The van der Waals surface area contributed by atoms with E-state index >= 15 is 0 Å². The molecule has 2 aromatic carbocycles. The number of benzene rings is 2. The van der Waals surface area contributed by atoms with E-state index in [4.69, 9.17) is 17.3 Å². The van der Waals surface area contributed by atoms with Crippen molar-refractivity contribution in [2.24, 2.45) is 0 Å². The van der Waals surface area contributed by atoms with Crippen molar-refractivity contribution in [3.63, 3.8) is 0 Å². The number of tetrazole rings is 1. The van der Waals surface area contributed by atoms with Crippen molar-refractivity contribution in [2.75, 3.05) is 5.73 Å². The number of halogens is 3. The molecule has 0 bridgehead atoms. The van der Waals surface area contributed by atoms with Gasteiger partial charge in [-0.3, -0.25) is 0 Å². The van der Waals surface area contributed by atoms with Crippen LogP contribution in [0.3, 0.4) is 0 Å². The first-order valence-electron chi connectivity index (χ1n) is 5.86. The second-order valence-corrected chi connectivity index (χ2v) is 5.43. The van der Waals surface area contributed by atoms with Crippen LogP contribution in [0.5, 0.6) is 0 Å². The molecule has 3 aromatic rings. The zero-order chi connectivity index (χ0) is 15.0. The SMILES string of the molecule is Nc1ccc(-c2nnnn2-c2cccc(Cl)c2Br)c(F)c1. The van der Waals surface area contributed by atoms with Crippen molar-refractivity contribution >= 4 is 33.2 Å². The molecule has 0 radical (unpaired) electrons. The Hall–Kier alpha value is -1.99. The number of hydrogen-bond donors (Lipinski definition) is 1. The first-order chi connectivity index (χ1) is 10.1. The fraction of sp³-hybridized carbons (Fsp3) is 0. The second-order valence-electron chi connectivity index (χ2n) is 4.23. The Morgan fingerprint density at radius 3 is 2.81 bits per heavy atom. The monoisotopic (exact) mass is 367 g/mol. The fourth-order valence-corrected chi connectivity index (χ4v) is 2.49. The summed E-state index contributed by atoms with van der Waals surface area (Å²) in [5.41, 5.74) is 6.74. The highest BCUT2D eigenvalue weighted by molar-refractivity contribution is 9.10. The van der Waals surface area contributed by atoms with E-state index in [1.165, 1.54) is 16.8 Å². The van der Waals surface area contributed by atoms with Crippen LogP contribution in [0.4, 0.5) is 10.1 Å². The molecule has 106 valence electrons. The lowest BCUT2D eigenvalue weighted by atomic mass is 10.2. The number of nitrogens with two attached hydrogens (primary N) is 1. The molecule has 1 aromatic heterocycles. The smallest absolute Gasteiger partial charge is 0.190 e. The van der Waals surface area contributed by atoms with Crippen molar-refractivity contribution < 1.29 is 4.39 Å². The summed E-state index contributed by atoms with van der Waals surface area (Å²) in [6.45, 7) is 0. The molecule has 0 saturated heterocycles. The molecule has 0 aliphatic heterocycles. The third-order valence-electron chi connectivity index (χ3n) is 2.86. The number of aromatic nitrogens is 4. The minimum absolute atomic E-state index is 0.251. The summed E-state index contributed by atoms with van der Waals surface area (Å²) in [5.74, 6) is -0.236. The van der Waals surface area contributed by atoms with Crippen LogP contribution < -0.4 is 5.73 Å². The summed E-state index contributed by atoms with van der Waals surface area (Å²) in [6.07, 6.45) is 0. The Kier molecular flexibility index (Phi) is 3.60. The summed E-state index contributed by atoms with van der Waals surface area (Å²) in [5, 5.41) is 11.9. The van der Waals surface area contributed by atoms with Gasteiger partial charge in [0, 0.05) is 5.69 Å². The molecule has 8 heteroatoms. The van der Waals surface area contributed by atoms with Gasteiger partial charge < -0.3 is 5.73 Å². The van der Waals surface area contributed by atoms with Gasteiger partial charge in [0.25, 0.3) is 0 Å². The number of nitrogen functional groups attached to an aromatic ring is 1. The van der Waals surface area contributed by atoms with Crippen LogP contribution in [0.25, 0.3) is 17.1 Å². The van der Waals surface area contributed by atoms with Crippen molar-refractivity contribution in [2.45, 2.75) is 0 Å². The van der Waals surface area contributed by atoms with Crippen molar-refractivity contribution in [3.8, 4) is 17.1 Å². The van der Waals surface area contributed by atoms with Crippen LogP contribution in [0.2, 0.25) is 5.02 Å². The molecule has 0 spiro atoms. The molecule has 0 unspecified atom stereocenters. The van der Waals surface area contributed by atoms with Crippen LogP contribution in [-0.2, 0) is 0 Å². The molecule has 2 N–H and O–H groups in total. The first-order valence-corrected chi connectivity index (χ1v) is 7.03. The zero-order valence-electron chi connectivity index (χ0n) is 10.5. The Labute approximate surface area is 132 Å². The highest BCUT2D eigenvalue weighted by atomic mass is 79.9. The van der Waals surface area contributed by atoms with E-state index in [9.17, 15) is 4.39 Å². The van der Waals surface area contributed by atoms with Gasteiger partial charge in [-0.1, -0.05) is 17.7 Å². The van der Waals surface area contributed by atoms with Gasteiger partial charge in [0.2, 0.25) is 0 Å². The van der Waals surface area contributed by atoms with E-state index in [1.807, 2.05) is 0 Å². The standard InChI is InChI=1S/C13H8BrClFN5/c14-12-9(15)2-1-3-11(12)21-13(18-19-20-21)8-5-4-7(17)6-10(8)16/h1-6H,17H2. The highest BCUT2D eigenvalue weighted by Crippen LogP contribution is 2.31. The highest BCUT2D eigenvalue weighted by Gasteiger charge is 2.17. The second kappa shape index (κ2) is 5.42. The molecule has 0 atom stereocenters. The minimum atomic E-state index is -0.496. The van der Waals surface area contributed by atoms with Crippen LogP contribution in [-0.4, -0.2) is 20.2 Å². The topological polar surface area (TPSA) is 69.6 Å². The van der Waals surface area contributed by atoms with E-state index in [0.717, 1.165) is 0 Å². The average Bonchev–Trinajstić information content (AvgIpc) is 2.91. The van der Waals surface area contributed by atoms with Gasteiger partial charge in [-0.25, -0.2) is 4.39 Å². The lowest BCUT2D eigenvalue weighted by Gasteiger charge is -2.08. The number of hydrogen-bond acceptors (Lipinski definition) is 4. The summed E-state index contributed by atoms with van der Waals surface area (Å²) in [6, 6.07) is 9.60. The molecule has 0 saturated carbocycles. The fourth-order valence-electron chi connectivity index (χ4n) is 1.89. The average molecular weight is 369 g/mol. The van der Waals surface area contributed by atoms with E-state index in [2.05, 4.69) is 31.5 Å². The number of anilines is 1. The zero-order valence-corrected chi connectivity index (χ0v) is 12.8. The summed E-state index contributed by atoms with van der Waals surface area (Å²) in [7, 11) is 0. The first kappa shape index (κ1) is 14.0. The molecule has 0 fully saturated rings. The lowest BCUT2D eigenvalue weighted by molar-refractivity contribution is 0.629. The third kappa shape index (κ3) is 2.50. The largest absolute Gasteiger partial charge is 0.399 e. The third-order valence-corrected chi connectivity index (χ3v) is 4.24.